The van der Waals surface area contributed by atoms with Gasteiger partial charge in [0.1, 0.15) is 5.92 Å². The minimum absolute atomic E-state index is 0.0702. The zero-order valence-electron chi connectivity index (χ0n) is 8.66. The number of carboxylic acid groups (broad SMARTS) is 1. The summed E-state index contributed by atoms with van der Waals surface area (Å²) in [5, 5.41) is 8.81. The molecule has 1 saturated carbocycles. The fourth-order valence-electron chi connectivity index (χ4n) is 2.08. The van der Waals surface area contributed by atoms with Crippen LogP contribution in [0, 0.1) is 11.8 Å². The van der Waals surface area contributed by atoms with Crippen molar-refractivity contribution in [2.75, 3.05) is 13.1 Å². The number of nitrogens with zero attached hydrogens (tertiary/aromatic N) is 1. The van der Waals surface area contributed by atoms with Crippen LogP contribution in [-0.2, 0) is 9.59 Å². The fourth-order valence-corrected chi connectivity index (χ4v) is 2.08. The molecule has 0 bridgehead atoms. The van der Waals surface area contributed by atoms with Gasteiger partial charge in [-0.3, -0.25) is 9.59 Å². The number of hydrogen-bond donors (Lipinski definition) is 1. The Hall–Kier alpha value is -1.20. The van der Waals surface area contributed by atoms with Gasteiger partial charge in [0.05, 0.1) is 5.92 Å². The molecule has 1 heterocycles. The molecule has 2 atom stereocenters. The number of aliphatic carboxylic acids is 1. The van der Waals surface area contributed by atoms with E-state index in [0.29, 0.717) is 19.4 Å². The van der Waals surface area contributed by atoms with Crippen LogP contribution >= 0.6 is 0 Å². The highest BCUT2D eigenvalue weighted by Crippen LogP contribution is 2.49. The minimum atomic E-state index is -2.87. The third-order valence-electron chi connectivity index (χ3n) is 3.21. The summed E-state index contributed by atoms with van der Waals surface area (Å²) in [4.78, 5) is 23.6. The molecule has 1 N–H and O–H groups in total. The Bertz CT molecular complexity index is 332. The molecule has 90 valence electrons. The van der Waals surface area contributed by atoms with Gasteiger partial charge in [-0.2, -0.15) is 0 Å². The molecule has 2 unspecified atom stereocenters. The molecule has 1 amide bonds. The van der Waals surface area contributed by atoms with Crippen molar-refractivity contribution in [3.05, 3.63) is 0 Å². The van der Waals surface area contributed by atoms with Crippen LogP contribution in [0.15, 0.2) is 0 Å². The highest BCUT2D eigenvalue weighted by atomic mass is 19.3. The third-order valence-corrected chi connectivity index (χ3v) is 3.21. The molecule has 0 aromatic carbocycles. The van der Waals surface area contributed by atoms with E-state index in [1.165, 1.54) is 4.90 Å². The molecule has 1 saturated heterocycles. The number of halogens is 2. The summed E-state index contributed by atoms with van der Waals surface area (Å²) < 4.78 is 25.4. The molecular formula is C10H13F2NO3. The van der Waals surface area contributed by atoms with Crippen molar-refractivity contribution < 1.29 is 23.5 Å². The van der Waals surface area contributed by atoms with E-state index in [2.05, 4.69) is 0 Å². The Balaban J connectivity index is 1.95. The number of likely N-dealkylation sites (tertiary alicyclic amines) is 1. The summed E-state index contributed by atoms with van der Waals surface area (Å²) in [5.41, 5.74) is 0. The summed E-state index contributed by atoms with van der Waals surface area (Å²) >= 11 is 0. The summed E-state index contributed by atoms with van der Waals surface area (Å²) in [6.45, 7) is 0.468. The molecule has 0 aromatic rings. The normalized spacial score (nSPS) is 32.2. The Morgan fingerprint density at radius 2 is 2.00 bits per heavy atom. The fraction of sp³-hybridized carbons (Fsp3) is 0.800. The van der Waals surface area contributed by atoms with E-state index in [0.717, 1.165) is 0 Å². The van der Waals surface area contributed by atoms with Crippen molar-refractivity contribution in [3.8, 4) is 0 Å². The second-order valence-corrected chi connectivity index (χ2v) is 4.48. The molecule has 1 aliphatic carbocycles. The molecule has 2 rings (SSSR count). The number of carboxylic acids is 1. The Morgan fingerprint density at radius 3 is 2.50 bits per heavy atom. The Morgan fingerprint density at radius 1 is 1.38 bits per heavy atom. The van der Waals surface area contributed by atoms with Crippen LogP contribution in [0.25, 0.3) is 0 Å². The van der Waals surface area contributed by atoms with Gasteiger partial charge in [0.2, 0.25) is 5.91 Å². The predicted octanol–water partition coefficient (Wildman–Crippen LogP) is 0.965. The maximum Gasteiger partial charge on any atom is 0.308 e. The van der Waals surface area contributed by atoms with Crippen LogP contribution in [0.5, 0.6) is 0 Å². The lowest BCUT2D eigenvalue weighted by Crippen LogP contribution is -2.43. The number of amides is 1. The predicted molar refractivity (Wildman–Crippen MR) is 50.0 cm³/mol. The van der Waals surface area contributed by atoms with E-state index >= 15 is 0 Å². The first kappa shape index (κ1) is 11.3. The van der Waals surface area contributed by atoms with Crippen molar-refractivity contribution in [1.29, 1.82) is 0 Å². The lowest BCUT2D eigenvalue weighted by atomic mass is 9.98. The van der Waals surface area contributed by atoms with Crippen LogP contribution in [0.2, 0.25) is 0 Å². The molecule has 2 fully saturated rings. The van der Waals surface area contributed by atoms with Crippen LogP contribution in [0.1, 0.15) is 19.3 Å². The second kappa shape index (κ2) is 3.68. The number of rotatable bonds is 2. The van der Waals surface area contributed by atoms with Gasteiger partial charge >= 0.3 is 5.97 Å². The summed E-state index contributed by atoms with van der Waals surface area (Å²) in [7, 11) is 0. The largest absolute Gasteiger partial charge is 0.481 e. The van der Waals surface area contributed by atoms with Gasteiger partial charge in [0.25, 0.3) is 5.92 Å². The van der Waals surface area contributed by atoms with Crippen LogP contribution < -0.4 is 0 Å². The van der Waals surface area contributed by atoms with Gasteiger partial charge in [-0.1, -0.05) is 0 Å². The molecule has 0 aromatic heterocycles. The van der Waals surface area contributed by atoms with Crippen molar-refractivity contribution in [1.82, 2.24) is 4.90 Å². The zero-order valence-corrected chi connectivity index (χ0v) is 8.66. The maximum absolute atomic E-state index is 12.7. The van der Waals surface area contributed by atoms with Crippen LogP contribution in [-0.4, -0.2) is 40.9 Å². The van der Waals surface area contributed by atoms with E-state index in [1.807, 2.05) is 0 Å². The number of hydrogen-bond acceptors (Lipinski definition) is 2. The van der Waals surface area contributed by atoms with Gasteiger partial charge in [0.15, 0.2) is 0 Å². The molecule has 6 heteroatoms. The first-order valence-electron chi connectivity index (χ1n) is 5.31. The third kappa shape index (κ3) is 2.01. The van der Waals surface area contributed by atoms with E-state index in [9.17, 15) is 18.4 Å². The Kier molecular flexibility index (Phi) is 2.59. The topological polar surface area (TPSA) is 57.6 Å². The first-order chi connectivity index (χ1) is 7.42. The van der Waals surface area contributed by atoms with Crippen molar-refractivity contribution in [3.63, 3.8) is 0 Å². The quantitative estimate of drug-likeness (QED) is 0.773. The standard InChI is InChI=1S/C10H13F2NO3/c11-10(12)4-7(10)8(14)13-3-1-2-6(5-13)9(15)16/h6-7H,1-5H2,(H,15,16). The lowest BCUT2D eigenvalue weighted by molar-refractivity contribution is -0.146. The number of carbonyl (C=O) groups excluding carboxylic acids is 1. The van der Waals surface area contributed by atoms with Gasteiger partial charge in [-0.05, 0) is 12.8 Å². The molecule has 0 radical (unpaired) electrons. The van der Waals surface area contributed by atoms with E-state index in [4.69, 9.17) is 5.11 Å². The maximum atomic E-state index is 12.7. The molecule has 2 aliphatic rings. The minimum Gasteiger partial charge on any atom is -0.481 e. The van der Waals surface area contributed by atoms with Crippen LogP contribution in [0.3, 0.4) is 0 Å². The highest BCUT2D eigenvalue weighted by Gasteiger charge is 2.62. The molecule has 1 aliphatic heterocycles. The van der Waals surface area contributed by atoms with Crippen molar-refractivity contribution >= 4 is 11.9 Å². The monoisotopic (exact) mass is 233 g/mol. The summed E-state index contributed by atoms with van der Waals surface area (Å²) in [6, 6.07) is 0. The second-order valence-electron chi connectivity index (χ2n) is 4.48. The average molecular weight is 233 g/mol. The van der Waals surface area contributed by atoms with E-state index < -0.39 is 29.6 Å². The summed E-state index contributed by atoms with van der Waals surface area (Å²) in [5.74, 6) is -6.23. The van der Waals surface area contributed by atoms with Crippen molar-refractivity contribution in [2.24, 2.45) is 11.8 Å². The van der Waals surface area contributed by atoms with Gasteiger partial charge in [-0.25, -0.2) is 8.78 Å². The SMILES string of the molecule is O=C(O)C1CCCN(C(=O)C2CC2(F)F)C1. The number of carbonyl (C=O) groups is 2. The number of alkyl halides is 2. The van der Waals surface area contributed by atoms with Gasteiger partial charge in [0, 0.05) is 19.5 Å². The lowest BCUT2D eigenvalue weighted by Gasteiger charge is -2.30. The van der Waals surface area contributed by atoms with E-state index in [-0.39, 0.29) is 13.0 Å². The van der Waals surface area contributed by atoms with Gasteiger partial charge < -0.3 is 10.0 Å². The molecule has 0 spiro atoms. The molecular weight excluding hydrogens is 220 g/mol. The zero-order chi connectivity index (χ0) is 11.9. The van der Waals surface area contributed by atoms with Crippen LogP contribution in [0.4, 0.5) is 8.78 Å². The Labute approximate surface area is 91.2 Å². The first-order valence-corrected chi connectivity index (χ1v) is 5.31. The number of piperidine rings is 1. The average Bonchev–Trinajstić information content (AvgIpc) is 2.87. The summed E-state index contributed by atoms with van der Waals surface area (Å²) in [6.07, 6.45) is 0.696. The van der Waals surface area contributed by atoms with Gasteiger partial charge in [-0.15, -0.1) is 0 Å². The molecule has 4 nitrogen and oxygen atoms in total. The highest BCUT2D eigenvalue weighted by molar-refractivity contribution is 5.83. The van der Waals surface area contributed by atoms with Crippen molar-refractivity contribution in [2.45, 2.75) is 25.2 Å². The van der Waals surface area contributed by atoms with E-state index in [1.54, 1.807) is 0 Å². The smallest absolute Gasteiger partial charge is 0.308 e. The molecule has 16 heavy (non-hydrogen) atoms.